The number of aromatic nitrogens is 2. The van der Waals surface area contributed by atoms with Gasteiger partial charge in [0, 0.05) is 10.5 Å². The zero-order chi connectivity index (χ0) is 13.1. The largest absolute Gasteiger partial charge is 0.409 e. The molecule has 0 radical (unpaired) electrons. The molecule has 0 aliphatic heterocycles. The Morgan fingerprint density at radius 3 is 2.78 bits per heavy atom. The zero-order valence-corrected chi connectivity index (χ0v) is 11.5. The summed E-state index contributed by atoms with van der Waals surface area (Å²) in [6.45, 7) is 3.79. The molecule has 2 aromatic rings. The average Bonchev–Trinajstić information content (AvgIpc) is 2.74. The van der Waals surface area contributed by atoms with E-state index in [2.05, 4.69) is 14.5 Å². The Morgan fingerprint density at radius 1 is 1.44 bits per heavy atom. The van der Waals surface area contributed by atoms with Crippen LogP contribution in [0.3, 0.4) is 0 Å². The maximum Gasteiger partial charge on any atom is 0.174 e. The van der Waals surface area contributed by atoms with Gasteiger partial charge in [0.25, 0.3) is 0 Å². The molecule has 0 fully saturated rings. The number of amidine groups is 1. The molecule has 2 rings (SSSR count). The Hall–Kier alpha value is -1.60. The van der Waals surface area contributed by atoms with Crippen LogP contribution in [0.25, 0.3) is 0 Å². The number of hydrogen-bond acceptors (Lipinski definition) is 6. The first-order valence-corrected chi connectivity index (χ1v) is 6.76. The molecule has 94 valence electrons. The smallest absolute Gasteiger partial charge is 0.174 e. The molecule has 0 bridgehead atoms. The van der Waals surface area contributed by atoms with Crippen LogP contribution in [0.1, 0.15) is 17.0 Å². The summed E-state index contributed by atoms with van der Waals surface area (Å²) in [6.07, 6.45) is 0. The van der Waals surface area contributed by atoms with Crippen molar-refractivity contribution in [2.75, 3.05) is 0 Å². The van der Waals surface area contributed by atoms with Gasteiger partial charge in [-0.3, -0.25) is 0 Å². The molecule has 5 nitrogen and oxygen atoms in total. The van der Waals surface area contributed by atoms with Crippen LogP contribution in [0.5, 0.6) is 0 Å². The first-order valence-electron chi connectivity index (χ1n) is 5.17. The van der Waals surface area contributed by atoms with E-state index in [9.17, 15) is 0 Å². The minimum absolute atomic E-state index is 0.121. The number of aryl methyl sites for hydroxylation is 2. The van der Waals surface area contributed by atoms with E-state index in [0.29, 0.717) is 0 Å². The van der Waals surface area contributed by atoms with Crippen molar-refractivity contribution in [1.82, 2.24) is 9.36 Å². The summed E-state index contributed by atoms with van der Waals surface area (Å²) in [5, 5.41) is 11.7. The molecule has 3 N–H and O–H groups in total. The summed E-state index contributed by atoms with van der Waals surface area (Å²) in [6, 6.07) is 5.73. The SMILES string of the molecule is Cc1nsc(Sc2ccc(/C(N)=N/O)c(C)c2)n1. The maximum absolute atomic E-state index is 8.66. The summed E-state index contributed by atoms with van der Waals surface area (Å²) < 4.78 is 5.04. The van der Waals surface area contributed by atoms with Gasteiger partial charge in [0.15, 0.2) is 10.2 Å². The monoisotopic (exact) mass is 280 g/mol. The number of rotatable bonds is 3. The molecule has 0 atom stereocenters. The van der Waals surface area contributed by atoms with E-state index in [-0.39, 0.29) is 5.84 Å². The molecule has 1 heterocycles. The van der Waals surface area contributed by atoms with Gasteiger partial charge < -0.3 is 10.9 Å². The third-order valence-electron chi connectivity index (χ3n) is 2.30. The molecule has 18 heavy (non-hydrogen) atoms. The topological polar surface area (TPSA) is 84.4 Å². The third-order valence-corrected chi connectivity index (χ3v) is 4.13. The molecule has 0 amide bonds. The maximum atomic E-state index is 8.66. The average molecular weight is 280 g/mol. The molecule has 0 saturated heterocycles. The highest BCUT2D eigenvalue weighted by Crippen LogP contribution is 2.30. The van der Waals surface area contributed by atoms with Crippen LogP contribution < -0.4 is 5.73 Å². The second-order valence-corrected chi connectivity index (χ2v) is 5.74. The molecular formula is C11H12N4OS2. The second-order valence-electron chi connectivity index (χ2n) is 3.67. The highest BCUT2D eigenvalue weighted by molar-refractivity contribution is 8.01. The quantitative estimate of drug-likeness (QED) is 0.390. The first-order chi connectivity index (χ1) is 8.60. The van der Waals surface area contributed by atoms with Crippen molar-refractivity contribution in [3.05, 3.63) is 35.2 Å². The van der Waals surface area contributed by atoms with E-state index >= 15 is 0 Å². The predicted octanol–water partition coefficient (Wildman–Crippen LogP) is 2.40. The van der Waals surface area contributed by atoms with Crippen molar-refractivity contribution in [3.8, 4) is 0 Å². The van der Waals surface area contributed by atoms with Gasteiger partial charge in [-0.05, 0) is 49.1 Å². The number of nitrogens with two attached hydrogens (primary N) is 1. The number of hydrogen-bond donors (Lipinski definition) is 2. The van der Waals surface area contributed by atoms with Gasteiger partial charge >= 0.3 is 0 Å². The standard InChI is InChI=1S/C11H12N4OS2/c1-6-5-8(3-4-9(6)10(12)14-16)17-11-13-7(2)15-18-11/h3-5,16H,1-2H3,(H2,12,14). The molecule has 1 aromatic heterocycles. The van der Waals surface area contributed by atoms with E-state index in [1.54, 1.807) is 11.8 Å². The second kappa shape index (κ2) is 5.36. The Morgan fingerprint density at radius 2 is 2.22 bits per heavy atom. The Bertz CT molecular complexity index is 594. The fourth-order valence-electron chi connectivity index (χ4n) is 1.46. The van der Waals surface area contributed by atoms with Crippen molar-refractivity contribution in [3.63, 3.8) is 0 Å². The molecule has 0 saturated carbocycles. The lowest BCUT2D eigenvalue weighted by atomic mass is 10.1. The predicted molar refractivity (Wildman–Crippen MR) is 72.5 cm³/mol. The third kappa shape index (κ3) is 2.80. The zero-order valence-electron chi connectivity index (χ0n) is 9.91. The summed E-state index contributed by atoms with van der Waals surface area (Å²) >= 11 is 2.93. The Balaban J connectivity index is 2.24. The van der Waals surface area contributed by atoms with Crippen molar-refractivity contribution in [2.24, 2.45) is 10.9 Å². The Labute approximate surface area is 113 Å². The van der Waals surface area contributed by atoms with Crippen LogP contribution in [0.15, 0.2) is 32.6 Å². The Kier molecular flexibility index (Phi) is 3.83. The van der Waals surface area contributed by atoms with Crippen LogP contribution in [0.4, 0.5) is 0 Å². The van der Waals surface area contributed by atoms with Crippen LogP contribution in [0.2, 0.25) is 0 Å². The van der Waals surface area contributed by atoms with Gasteiger partial charge in [0.1, 0.15) is 5.82 Å². The number of oxime groups is 1. The number of benzene rings is 1. The lowest BCUT2D eigenvalue weighted by Gasteiger charge is -2.05. The molecule has 0 spiro atoms. The highest BCUT2D eigenvalue weighted by atomic mass is 32.2. The summed E-state index contributed by atoms with van der Waals surface area (Å²) in [5.41, 5.74) is 7.26. The van der Waals surface area contributed by atoms with E-state index < -0.39 is 0 Å². The first kappa shape index (κ1) is 12.8. The van der Waals surface area contributed by atoms with Crippen LogP contribution in [-0.4, -0.2) is 20.4 Å². The lowest BCUT2D eigenvalue weighted by Crippen LogP contribution is -2.14. The van der Waals surface area contributed by atoms with Crippen LogP contribution in [0, 0.1) is 13.8 Å². The summed E-state index contributed by atoms with van der Waals surface area (Å²) in [7, 11) is 0. The summed E-state index contributed by atoms with van der Waals surface area (Å²) in [5.74, 6) is 0.906. The van der Waals surface area contributed by atoms with Crippen LogP contribution in [-0.2, 0) is 0 Å². The van der Waals surface area contributed by atoms with Crippen molar-refractivity contribution in [2.45, 2.75) is 23.1 Å². The molecule has 1 aromatic carbocycles. The van der Waals surface area contributed by atoms with Gasteiger partial charge in [0.05, 0.1) is 0 Å². The van der Waals surface area contributed by atoms with E-state index in [0.717, 1.165) is 26.2 Å². The van der Waals surface area contributed by atoms with Crippen molar-refractivity contribution < 1.29 is 5.21 Å². The minimum Gasteiger partial charge on any atom is -0.409 e. The van der Waals surface area contributed by atoms with E-state index in [1.165, 1.54) is 11.5 Å². The van der Waals surface area contributed by atoms with Gasteiger partial charge in [-0.2, -0.15) is 4.37 Å². The normalized spacial score (nSPS) is 11.8. The van der Waals surface area contributed by atoms with Crippen LogP contribution >= 0.6 is 23.3 Å². The fraction of sp³-hybridized carbons (Fsp3) is 0.182. The van der Waals surface area contributed by atoms with Crippen molar-refractivity contribution >= 4 is 29.1 Å². The van der Waals surface area contributed by atoms with Gasteiger partial charge in [-0.25, -0.2) is 4.98 Å². The van der Waals surface area contributed by atoms with Crippen molar-refractivity contribution in [1.29, 1.82) is 0 Å². The lowest BCUT2D eigenvalue weighted by molar-refractivity contribution is 0.318. The van der Waals surface area contributed by atoms with Gasteiger partial charge in [-0.15, -0.1) is 0 Å². The van der Waals surface area contributed by atoms with E-state index in [4.69, 9.17) is 10.9 Å². The molecule has 0 aliphatic rings. The highest BCUT2D eigenvalue weighted by Gasteiger charge is 2.07. The van der Waals surface area contributed by atoms with E-state index in [1.807, 2.05) is 32.0 Å². The number of nitrogens with zero attached hydrogens (tertiary/aromatic N) is 3. The molecular weight excluding hydrogens is 268 g/mol. The molecule has 0 unspecified atom stereocenters. The van der Waals surface area contributed by atoms with Gasteiger partial charge in [-0.1, -0.05) is 16.9 Å². The fourth-order valence-corrected chi connectivity index (χ4v) is 3.19. The van der Waals surface area contributed by atoms with Gasteiger partial charge in [0.2, 0.25) is 0 Å². The minimum atomic E-state index is 0.121. The summed E-state index contributed by atoms with van der Waals surface area (Å²) in [4.78, 5) is 5.35. The molecule has 7 heteroatoms. The molecule has 0 aliphatic carbocycles.